The molecule has 1 aliphatic rings. The molecular formula is C10H11NO2. The lowest BCUT2D eigenvalue weighted by Gasteiger charge is -2.27. The molecule has 0 atom stereocenters. The van der Waals surface area contributed by atoms with Crippen molar-refractivity contribution in [1.29, 1.82) is 0 Å². The van der Waals surface area contributed by atoms with Crippen LogP contribution < -0.4 is 5.56 Å². The number of aromatic nitrogens is 1. The smallest absolute Gasteiger partial charge is 0.261 e. The van der Waals surface area contributed by atoms with E-state index in [0.29, 0.717) is 12.3 Å². The van der Waals surface area contributed by atoms with Gasteiger partial charge in [0.2, 0.25) is 0 Å². The largest absolute Gasteiger partial charge is 0.312 e. The monoisotopic (exact) mass is 177 g/mol. The number of carbonyl (C=O) groups is 1. The average Bonchev–Trinajstić information content (AvgIpc) is 2.05. The first-order valence-electron chi connectivity index (χ1n) is 4.49. The van der Waals surface area contributed by atoms with E-state index < -0.39 is 0 Å². The van der Waals surface area contributed by atoms with Crippen molar-refractivity contribution in [2.24, 2.45) is 0 Å². The zero-order valence-electron chi connectivity index (χ0n) is 7.27. The Hall–Kier alpha value is -1.38. The van der Waals surface area contributed by atoms with Gasteiger partial charge in [-0.25, -0.2) is 0 Å². The average molecular weight is 177 g/mol. The van der Waals surface area contributed by atoms with E-state index >= 15 is 0 Å². The van der Waals surface area contributed by atoms with Crippen molar-refractivity contribution in [1.82, 2.24) is 4.57 Å². The first-order valence-corrected chi connectivity index (χ1v) is 4.49. The van der Waals surface area contributed by atoms with Crippen LogP contribution in [-0.2, 0) is 0 Å². The fourth-order valence-corrected chi connectivity index (χ4v) is 1.57. The lowest BCUT2D eigenvalue weighted by molar-refractivity contribution is 0.112. The number of hydrogen-bond donors (Lipinski definition) is 0. The zero-order valence-corrected chi connectivity index (χ0v) is 7.27. The molecule has 0 radical (unpaired) electrons. The Kier molecular flexibility index (Phi) is 2.00. The van der Waals surface area contributed by atoms with Crippen molar-refractivity contribution in [2.45, 2.75) is 25.3 Å². The van der Waals surface area contributed by atoms with Crippen molar-refractivity contribution in [3.8, 4) is 0 Å². The first kappa shape index (κ1) is 8.23. The second-order valence-electron chi connectivity index (χ2n) is 3.38. The third-order valence-electron chi connectivity index (χ3n) is 2.60. The van der Waals surface area contributed by atoms with Crippen molar-refractivity contribution in [3.05, 3.63) is 34.2 Å². The van der Waals surface area contributed by atoms with Crippen LogP contribution in [0, 0.1) is 0 Å². The van der Waals surface area contributed by atoms with Crippen LogP contribution in [0.4, 0.5) is 0 Å². The molecule has 1 saturated carbocycles. The summed E-state index contributed by atoms with van der Waals surface area (Å²) in [7, 11) is 0. The summed E-state index contributed by atoms with van der Waals surface area (Å²) < 4.78 is 1.67. The molecule has 3 nitrogen and oxygen atoms in total. The van der Waals surface area contributed by atoms with Gasteiger partial charge in [0.1, 0.15) is 0 Å². The van der Waals surface area contributed by atoms with Crippen LogP contribution in [0.15, 0.2) is 23.1 Å². The molecule has 0 unspecified atom stereocenters. The minimum absolute atomic E-state index is 0.151. The lowest BCUT2D eigenvalue weighted by atomic mass is 9.93. The van der Waals surface area contributed by atoms with Crippen LogP contribution in [0.1, 0.15) is 35.7 Å². The topological polar surface area (TPSA) is 39.1 Å². The van der Waals surface area contributed by atoms with Crippen LogP contribution in [0.25, 0.3) is 0 Å². The molecule has 0 aromatic carbocycles. The third-order valence-corrected chi connectivity index (χ3v) is 2.60. The molecule has 3 heteroatoms. The van der Waals surface area contributed by atoms with Crippen molar-refractivity contribution in [3.63, 3.8) is 0 Å². The number of hydrogen-bond acceptors (Lipinski definition) is 2. The summed E-state index contributed by atoms with van der Waals surface area (Å²) in [4.78, 5) is 22.1. The van der Waals surface area contributed by atoms with Gasteiger partial charge < -0.3 is 4.57 Å². The molecule has 1 aromatic rings. The van der Waals surface area contributed by atoms with E-state index in [4.69, 9.17) is 0 Å². The third kappa shape index (κ3) is 1.30. The van der Waals surface area contributed by atoms with Crippen LogP contribution in [0.3, 0.4) is 0 Å². The van der Waals surface area contributed by atoms with Crippen LogP contribution >= 0.6 is 0 Å². The quantitative estimate of drug-likeness (QED) is 0.640. The minimum Gasteiger partial charge on any atom is -0.312 e. The molecule has 1 fully saturated rings. The number of carbonyl (C=O) groups excluding carboxylic acids is 1. The van der Waals surface area contributed by atoms with Gasteiger partial charge >= 0.3 is 0 Å². The fraction of sp³-hybridized carbons (Fsp3) is 0.400. The molecule has 0 bridgehead atoms. The summed E-state index contributed by atoms with van der Waals surface area (Å²) in [5, 5.41) is 0. The molecule has 1 heterocycles. The zero-order chi connectivity index (χ0) is 9.26. The molecule has 1 aliphatic carbocycles. The predicted octanol–water partition coefficient (Wildman–Crippen LogP) is 1.39. The Bertz CT molecular complexity index is 377. The highest BCUT2D eigenvalue weighted by Crippen LogP contribution is 2.29. The van der Waals surface area contributed by atoms with Gasteiger partial charge in [-0.3, -0.25) is 9.59 Å². The minimum atomic E-state index is -0.151. The highest BCUT2D eigenvalue weighted by atomic mass is 16.1. The number of aldehydes is 1. The van der Waals surface area contributed by atoms with Gasteiger partial charge in [-0.05, 0) is 31.4 Å². The van der Waals surface area contributed by atoms with E-state index in [-0.39, 0.29) is 11.1 Å². The molecule has 0 spiro atoms. The predicted molar refractivity (Wildman–Crippen MR) is 49.0 cm³/mol. The van der Waals surface area contributed by atoms with Gasteiger partial charge in [0, 0.05) is 12.2 Å². The maximum atomic E-state index is 11.6. The summed E-state index contributed by atoms with van der Waals surface area (Å²) in [6.45, 7) is 0. The van der Waals surface area contributed by atoms with E-state index in [1.54, 1.807) is 22.9 Å². The standard InChI is InChI=1S/C10H11NO2/c12-7-8-3-2-6-11(10(8)13)9-4-1-5-9/h2-3,6-7,9H,1,4-5H2. The SMILES string of the molecule is O=Cc1cccn(C2CCC2)c1=O. The molecule has 0 aliphatic heterocycles. The number of pyridine rings is 1. The van der Waals surface area contributed by atoms with Gasteiger partial charge in [-0.2, -0.15) is 0 Å². The van der Waals surface area contributed by atoms with E-state index in [1.807, 2.05) is 0 Å². The lowest BCUT2D eigenvalue weighted by Crippen LogP contribution is -2.30. The van der Waals surface area contributed by atoms with E-state index in [2.05, 4.69) is 0 Å². The second-order valence-corrected chi connectivity index (χ2v) is 3.38. The highest BCUT2D eigenvalue weighted by Gasteiger charge is 2.20. The Morgan fingerprint density at radius 1 is 1.46 bits per heavy atom. The van der Waals surface area contributed by atoms with E-state index in [0.717, 1.165) is 12.8 Å². The molecule has 13 heavy (non-hydrogen) atoms. The molecule has 2 rings (SSSR count). The summed E-state index contributed by atoms with van der Waals surface area (Å²) in [6.07, 6.45) is 5.68. The summed E-state index contributed by atoms with van der Waals surface area (Å²) in [6, 6.07) is 3.64. The number of nitrogens with zero attached hydrogens (tertiary/aromatic N) is 1. The molecular weight excluding hydrogens is 166 g/mol. The molecule has 68 valence electrons. The molecule has 0 N–H and O–H groups in total. The van der Waals surface area contributed by atoms with Crippen molar-refractivity contribution >= 4 is 6.29 Å². The summed E-state index contributed by atoms with van der Waals surface area (Å²) >= 11 is 0. The maximum Gasteiger partial charge on any atom is 0.261 e. The molecule has 0 saturated heterocycles. The van der Waals surface area contributed by atoms with Gasteiger partial charge in [0.05, 0.1) is 5.56 Å². The van der Waals surface area contributed by atoms with Gasteiger partial charge in [0.25, 0.3) is 5.56 Å². The maximum absolute atomic E-state index is 11.6. The molecule has 0 amide bonds. The van der Waals surface area contributed by atoms with E-state index in [9.17, 15) is 9.59 Å². The Morgan fingerprint density at radius 2 is 2.23 bits per heavy atom. The fourth-order valence-electron chi connectivity index (χ4n) is 1.57. The van der Waals surface area contributed by atoms with Crippen LogP contribution in [0.5, 0.6) is 0 Å². The Morgan fingerprint density at radius 3 is 2.77 bits per heavy atom. The highest BCUT2D eigenvalue weighted by molar-refractivity contribution is 5.73. The Labute approximate surface area is 76.0 Å². The van der Waals surface area contributed by atoms with Crippen molar-refractivity contribution in [2.75, 3.05) is 0 Å². The van der Waals surface area contributed by atoms with Crippen LogP contribution in [-0.4, -0.2) is 10.9 Å². The summed E-state index contributed by atoms with van der Waals surface area (Å²) in [5.74, 6) is 0. The van der Waals surface area contributed by atoms with Crippen LogP contribution in [0.2, 0.25) is 0 Å². The van der Waals surface area contributed by atoms with E-state index in [1.165, 1.54) is 6.42 Å². The Balaban J connectivity index is 2.45. The first-order chi connectivity index (χ1) is 6.33. The molecule has 1 aromatic heterocycles. The van der Waals surface area contributed by atoms with Crippen molar-refractivity contribution < 1.29 is 4.79 Å². The van der Waals surface area contributed by atoms with Gasteiger partial charge in [-0.1, -0.05) is 0 Å². The summed E-state index contributed by atoms with van der Waals surface area (Å²) in [5.41, 5.74) is 0.108. The second kappa shape index (κ2) is 3.17. The normalized spacial score (nSPS) is 16.6. The van der Waals surface area contributed by atoms with Gasteiger partial charge in [-0.15, -0.1) is 0 Å². The van der Waals surface area contributed by atoms with Gasteiger partial charge in [0.15, 0.2) is 6.29 Å². The number of rotatable bonds is 2.